The second-order valence-corrected chi connectivity index (χ2v) is 6.91. The van der Waals surface area contributed by atoms with Gasteiger partial charge in [-0.2, -0.15) is 0 Å². The topological polar surface area (TPSA) is 94.0 Å². The van der Waals surface area contributed by atoms with Crippen LogP contribution in [0.1, 0.15) is 28.6 Å². The van der Waals surface area contributed by atoms with E-state index in [1.165, 1.54) is 0 Å². The number of rotatable bonds is 5. The number of anilines is 1. The summed E-state index contributed by atoms with van der Waals surface area (Å²) in [5.74, 6) is 0.789. The largest absolute Gasteiger partial charge is 0.456 e. The highest BCUT2D eigenvalue weighted by Crippen LogP contribution is 2.31. The zero-order chi connectivity index (χ0) is 19.5. The van der Waals surface area contributed by atoms with E-state index in [-0.39, 0.29) is 11.9 Å². The first-order valence-corrected chi connectivity index (χ1v) is 9.31. The van der Waals surface area contributed by atoms with E-state index in [9.17, 15) is 4.79 Å². The Morgan fingerprint density at radius 3 is 2.86 bits per heavy atom. The van der Waals surface area contributed by atoms with Crippen molar-refractivity contribution in [2.24, 2.45) is 0 Å². The molecule has 1 aromatic carbocycles. The Morgan fingerprint density at radius 2 is 2.14 bits per heavy atom. The highest BCUT2D eigenvalue weighted by molar-refractivity contribution is 6.32. The minimum Gasteiger partial charge on any atom is -0.456 e. The lowest BCUT2D eigenvalue weighted by Gasteiger charge is -2.11. The maximum absolute atomic E-state index is 12.6. The number of nitrogens with zero attached hydrogens (tertiary/aromatic N) is 4. The minimum absolute atomic E-state index is 0.230. The van der Waals surface area contributed by atoms with Crippen molar-refractivity contribution < 1.29 is 9.53 Å². The van der Waals surface area contributed by atoms with Gasteiger partial charge in [0.25, 0.3) is 5.91 Å². The van der Waals surface area contributed by atoms with Crippen LogP contribution in [0, 0.1) is 6.92 Å². The average molecular weight is 399 g/mol. The van der Waals surface area contributed by atoms with E-state index in [0.717, 1.165) is 25.2 Å². The lowest BCUT2D eigenvalue weighted by molar-refractivity contribution is 0.102. The van der Waals surface area contributed by atoms with E-state index < -0.39 is 0 Å². The standard InChI is InChI=1S/C19H19ClN6O2/c1-12-18(24-25-26(12)14-4-7-22-11-14)19(27)23-13-2-3-17(16(20)10-13)28-15-5-8-21-9-6-15/h2-3,5-6,8-10,14,22H,4,7,11H2,1H3,(H,23,27)/t14-/m0/s1. The van der Waals surface area contributed by atoms with E-state index in [2.05, 4.69) is 25.9 Å². The van der Waals surface area contributed by atoms with Gasteiger partial charge in [-0.25, -0.2) is 4.68 Å². The normalized spacial score (nSPS) is 16.1. The molecule has 0 spiro atoms. The molecule has 0 bridgehead atoms. The van der Waals surface area contributed by atoms with Crippen molar-refractivity contribution in [2.45, 2.75) is 19.4 Å². The predicted molar refractivity (Wildman–Crippen MR) is 105 cm³/mol. The fourth-order valence-electron chi connectivity index (χ4n) is 3.13. The van der Waals surface area contributed by atoms with Crippen LogP contribution in [0.5, 0.6) is 11.5 Å². The third-order valence-corrected chi connectivity index (χ3v) is 4.89. The molecule has 8 nitrogen and oxygen atoms in total. The number of ether oxygens (including phenoxy) is 1. The lowest BCUT2D eigenvalue weighted by Crippen LogP contribution is -2.17. The SMILES string of the molecule is Cc1c(C(=O)Nc2ccc(Oc3ccncc3)c(Cl)c2)nnn1[C@H]1CCNC1. The summed E-state index contributed by atoms with van der Waals surface area (Å²) in [6.07, 6.45) is 4.24. The van der Waals surface area contributed by atoms with Gasteiger partial charge in [-0.05, 0) is 50.2 Å². The Labute approximate surface area is 166 Å². The van der Waals surface area contributed by atoms with Crippen LogP contribution in [-0.2, 0) is 0 Å². The van der Waals surface area contributed by atoms with Gasteiger partial charge in [-0.1, -0.05) is 16.8 Å². The summed E-state index contributed by atoms with van der Waals surface area (Å²) >= 11 is 6.30. The Bertz CT molecular complexity index is 985. The van der Waals surface area contributed by atoms with E-state index in [4.69, 9.17) is 16.3 Å². The Morgan fingerprint density at radius 1 is 1.32 bits per heavy atom. The maximum atomic E-state index is 12.6. The summed E-state index contributed by atoms with van der Waals surface area (Å²) in [6, 6.07) is 8.76. The van der Waals surface area contributed by atoms with E-state index in [1.54, 1.807) is 42.7 Å². The number of hydrogen-bond acceptors (Lipinski definition) is 6. The number of aromatic nitrogens is 4. The number of carbonyl (C=O) groups excluding carboxylic acids is 1. The predicted octanol–water partition coefficient (Wildman–Crippen LogP) is 3.21. The molecule has 9 heteroatoms. The summed E-state index contributed by atoms with van der Waals surface area (Å²) in [5.41, 5.74) is 1.60. The van der Waals surface area contributed by atoms with Crippen molar-refractivity contribution in [3.63, 3.8) is 0 Å². The molecular weight excluding hydrogens is 380 g/mol. The third-order valence-electron chi connectivity index (χ3n) is 4.59. The van der Waals surface area contributed by atoms with Gasteiger partial charge in [-0.3, -0.25) is 9.78 Å². The smallest absolute Gasteiger partial charge is 0.278 e. The van der Waals surface area contributed by atoms with Crippen molar-refractivity contribution in [3.8, 4) is 11.5 Å². The second kappa shape index (κ2) is 7.95. The second-order valence-electron chi connectivity index (χ2n) is 6.50. The molecule has 2 aromatic heterocycles. The van der Waals surface area contributed by atoms with Gasteiger partial charge in [-0.15, -0.1) is 5.10 Å². The van der Waals surface area contributed by atoms with E-state index in [0.29, 0.717) is 27.9 Å². The lowest BCUT2D eigenvalue weighted by atomic mass is 10.2. The molecule has 4 rings (SSSR count). The van der Waals surface area contributed by atoms with E-state index in [1.807, 2.05) is 11.6 Å². The monoisotopic (exact) mass is 398 g/mol. The van der Waals surface area contributed by atoms with Gasteiger partial charge in [0.2, 0.25) is 0 Å². The van der Waals surface area contributed by atoms with Crippen LogP contribution in [0.15, 0.2) is 42.7 Å². The molecule has 1 aliphatic rings. The molecule has 0 radical (unpaired) electrons. The van der Waals surface area contributed by atoms with Crippen molar-refractivity contribution in [1.82, 2.24) is 25.3 Å². The first kappa shape index (κ1) is 18.4. The quantitative estimate of drug-likeness (QED) is 0.685. The van der Waals surface area contributed by atoms with Crippen LogP contribution in [0.25, 0.3) is 0 Å². The van der Waals surface area contributed by atoms with Crippen LogP contribution >= 0.6 is 11.6 Å². The number of nitrogens with one attached hydrogen (secondary N) is 2. The molecule has 28 heavy (non-hydrogen) atoms. The van der Waals surface area contributed by atoms with Crippen molar-refractivity contribution in [2.75, 3.05) is 18.4 Å². The summed E-state index contributed by atoms with van der Waals surface area (Å²) < 4.78 is 7.53. The number of hydrogen-bond donors (Lipinski definition) is 2. The van der Waals surface area contributed by atoms with Gasteiger partial charge in [0.05, 0.1) is 16.8 Å². The Kier molecular flexibility index (Phi) is 5.23. The summed E-state index contributed by atoms with van der Waals surface area (Å²) in [4.78, 5) is 16.6. The van der Waals surface area contributed by atoms with Gasteiger partial charge in [0.15, 0.2) is 5.69 Å². The van der Waals surface area contributed by atoms with Crippen LogP contribution in [0.3, 0.4) is 0 Å². The number of carbonyl (C=O) groups is 1. The molecule has 1 aliphatic heterocycles. The minimum atomic E-state index is -0.325. The number of benzene rings is 1. The van der Waals surface area contributed by atoms with Crippen molar-refractivity contribution in [1.29, 1.82) is 0 Å². The Hall–Kier alpha value is -2.97. The molecule has 2 N–H and O–H groups in total. The van der Waals surface area contributed by atoms with Gasteiger partial charge >= 0.3 is 0 Å². The van der Waals surface area contributed by atoms with Gasteiger partial charge in [0, 0.05) is 24.6 Å². The fraction of sp³-hybridized carbons (Fsp3) is 0.263. The molecular formula is C19H19ClN6O2. The average Bonchev–Trinajstić information content (AvgIpc) is 3.34. The molecule has 1 saturated heterocycles. The van der Waals surface area contributed by atoms with E-state index >= 15 is 0 Å². The molecule has 1 amide bonds. The van der Waals surface area contributed by atoms with Crippen LogP contribution in [0.4, 0.5) is 5.69 Å². The first-order valence-electron chi connectivity index (χ1n) is 8.93. The van der Waals surface area contributed by atoms with Crippen molar-refractivity contribution >= 4 is 23.2 Å². The molecule has 3 heterocycles. The fourth-order valence-corrected chi connectivity index (χ4v) is 3.35. The molecule has 144 valence electrons. The van der Waals surface area contributed by atoms with Crippen molar-refractivity contribution in [3.05, 3.63) is 59.1 Å². The molecule has 3 aromatic rings. The zero-order valence-electron chi connectivity index (χ0n) is 15.2. The van der Waals surface area contributed by atoms with Crippen LogP contribution in [0.2, 0.25) is 5.02 Å². The number of pyridine rings is 1. The number of halogens is 1. The first-order chi connectivity index (χ1) is 13.6. The number of amides is 1. The third kappa shape index (κ3) is 3.83. The molecule has 0 unspecified atom stereocenters. The Balaban J connectivity index is 1.47. The van der Waals surface area contributed by atoms with Crippen LogP contribution < -0.4 is 15.4 Å². The molecule has 0 aliphatic carbocycles. The highest BCUT2D eigenvalue weighted by atomic mass is 35.5. The highest BCUT2D eigenvalue weighted by Gasteiger charge is 2.24. The maximum Gasteiger partial charge on any atom is 0.278 e. The molecule has 0 saturated carbocycles. The van der Waals surface area contributed by atoms with Gasteiger partial charge < -0.3 is 15.4 Å². The summed E-state index contributed by atoms with van der Waals surface area (Å²) in [6.45, 7) is 3.63. The molecule has 1 fully saturated rings. The van der Waals surface area contributed by atoms with Gasteiger partial charge in [0.1, 0.15) is 11.5 Å². The summed E-state index contributed by atoms with van der Waals surface area (Å²) in [7, 11) is 0. The van der Waals surface area contributed by atoms with Crippen LogP contribution in [-0.4, -0.2) is 39.0 Å². The zero-order valence-corrected chi connectivity index (χ0v) is 16.0. The molecule has 1 atom stereocenters. The summed E-state index contributed by atoms with van der Waals surface area (Å²) in [5, 5.41) is 14.7.